The molecule has 5 heteroatoms. The van der Waals surface area contributed by atoms with E-state index in [1.54, 1.807) is 12.4 Å². The van der Waals surface area contributed by atoms with Gasteiger partial charge in [-0.3, -0.25) is 0 Å². The van der Waals surface area contributed by atoms with Crippen LogP contribution >= 0.6 is 15.9 Å². The van der Waals surface area contributed by atoms with E-state index in [9.17, 15) is 0 Å². The molecule has 1 aromatic rings. The van der Waals surface area contributed by atoms with Gasteiger partial charge in [-0.15, -0.1) is 0 Å². The van der Waals surface area contributed by atoms with Crippen molar-refractivity contribution in [2.45, 2.75) is 25.3 Å². The van der Waals surface area contributed by atoms with Gasteiger partial charge in [-0.25, -0.2) is 9.97 Å². The Labute approximate surface area is 97.6 Å². The van der Waals surface area contributed by atoms with E-state index in [-0.39, 0.29) is 5.54 Å². The van der Waals surface area contributed by atoms with Gasteiger partial charge in [0.05, 0.1) is 24.5 Å². The number of nitrogens with zero attached hydrogens (tertiary/aromatic N) is 2. The molecule has 1 fully saturated rings. The number of anilines is 1. The molecule has 0 aromatic carbocycles. The fraction of sp³-hybridized carbons (Fsp3) is 0.600. The second-order valence-electron chi connectivity index (χ2n) is 4.07. The van der Waals surface area contributed by atoms with Gasteiger partial charge in [0.15, 0.2) is 0 Å². The second-order valence-corrected chi connectivity index (χ2v) is 4.88. The molecule has 0 amide bonds. The van der Waals surface area contributed by atoms with Crippen LogP contribution in [0.4, 0.5) is 5.82 Å². The van der Waals surface area contributed by atoms with Gasteiger partial charge in [0.1, 0.15) is 10.4 Å². The normalized spacial score (nSPS) is 26.3. The fourth-order valence-electron chi connectivity index (χ4n) is 1.72. The number of hydrogen-bond donors (Lipinski definition) is 1. The summed E-state index contributed by atoms with van der Waals surface area (Å²) < 4.78 is 6.21. The quantitative estimate of drug-likeness (QED) is 0.896. The standard InChI is InChI=1S/C10H14BrN3O/c1-10(3-2-4-15-7-10)14-9-6-12-8(11)5-13-9/h5-6H,2-4,7H2,1H3,(H,13,14). The molecule has 4 nitrogen and oxygen atoms in total. The van der Waals surface area contributed by atoms with Gasteiger partial charge < -0.3 is 10.1 Å². The number of hydrogen-bond acceptors (Lipinski definition) is 4. The van der Waals surface area contributed by atoms with Crippen LogP contribution in [-0.2, 0) is 4.74 Å². The van der Waals surface area contributed by atoms with Crippen molar-refractivity contribution in [2.75, 3.05) is 18.5 Å². The largest absolute Gasteiger partial charge is 0.379 e. The Morgan fingerprint density at radius 2 is 2.33 bits per heavy atom. The molecule has 1 unspecified atom stereocenters. The molecular weight excluding hydrogens is 258 g/mol. The Balaban J connectivity index is 2.03. The maximum atomic E-state index is 5.46. The van der Waals surface area contributed by atoms with Gasteiger partial charge in [0.2, 0.25) is 0 Å². The molecule has 1 saturated heterocycles. The van der Waals surface area contributed by atoms with Crippen LogP contribution in [0.15, 0.2) is 17.0 Å². The zero-order valence-electron chi connectivity index (χ0n) is 8.66. The molecule has 2 rings (SSSR count). The van der Waals surface area contributed by atoms with Crippen molar-refractivity contribution < 1.29 is 4.74 Å². The minimum absolute atomic E-state index is 0.0131. The predicted molar refractivity (Wildman–Crippen MR) is 61.8 cm³/mol. The molecule has 1 atom stereocenters. The molecule has 15 heavy (non-hydrogen) atoms. The van der Waals surface area contributed by atoms with E-state index in [1.165, 1.54) is 0 Å². The topological polar surface area (TPSA) is 47.0 Å². The first-order valence-corrected chi connectivity index (χ1v) is 5.81. The monoisotopic (exact) mass is 271 g/mol. The van der Waals surface area contributed by atoms with Crippen LogP contribution in [0.3, 0.4) is 0 Å². The smallest absolute Gasteiger partial charge is 0.145 e. The van der Waals surface area contributed by atoms with Crippen molar-refractivity contribution in [3.63, 3.8) is 0 Å². The Morgan fingerprint density at radius 1 is 1.47 bits per heavy atom. The molecule has 2 heterocycles. The molecule has 0 aliphatic carbocycles. The van der Waals surface area contributed by atoms with Crippen molar-refractivity contribution >= 4 is 21.7 Å². The molecular formula is C10H14BrN3O. The lowest BCUT2D eigenvalue weighted by Crippen LogP contribution is -2.43. The van der Waals surface area contributed by atoms with Crippen LogP contribution in [0, 0.1) is 0 Å². The first kappa shape index (κ1) is 10.8. The van der Waals surface area contributed by atoms with Crippen molar-refractivity contribution in [2.24, 2.45) is 0 Å². The average molecular weight is 272 g/mol. The molecule has 1 aliphatic rings. The first-order chi connectivity index (χ1) is 7.18. The van der Waals surface area contributed by atoms with E-state index in [0.29, 0.717) is 0 Å². The third kappa shape index (κ3) is 2.89. The number of aromatic nitrogens is 2. The summed E-state index contributed by atoms with van der Waals surface area (Å²) in [5, 5.41) is 3.36. The molecule has 0 spiro atoms. The Morgan fingerprint density at radius 3 is 2.93 bits per heavy atom. The molecule has 0 radical (unpaired) electrons. The maximum absolute atomic E-state index is 5.46. The highest BCUT2D eigenvalue weighted by atomic mass is 79.9. The highest BCUT2D eigenvalue weighted by Gasteiger charge is 2.27. The van der Waals surface area contributed by atoms with Crippen LogP contribution in [0.5, 0.6) is 0 Å². The van der Waals surface area contributed by atoms with Crippen molar-refractivity contribution in [3.8, 4) is 0 Å². The lowest BCUT2D eigenvalue weighted by Gasteiger charge is -2.34. The van der Waals surface area contributed by atoms with Crippen molar-refractivity contribution in [1.29, 1.82) is 0 Å². The summed E-state index contributed by atoms with van der Waals surface area (Å²) >= 11 is 3.26. The Hall–Kier alpha value is -0.680. The van der Waals surface area contributed by atoms with E-state index in [0.717, 1.165) is 36.5 Å². The SMILES string of the molecule is CC1(Nc2cnc(Br)cn2)CCCOC1. The number of nitrogens with one attached hydrogen (secondary N) is 1. The summed E-state index contributed by atoms with van der Waals surface area (Å²) in [5.74, 6) is 0.797. The van der Waals surface area contributed by atoms with E-state index in [4.69, 9.17) is 4.74 Å². The van der Waals surface area contributed by atoms with E-state index in [1.807, 2.05) is 0 Å². The molecule has 0 saturated carbocycles. The third-order valence-electron chi connectivity index (χ3n) is 2.49. The molecule has 1 N–H and O–H groups in total. The summed E-state index contributed by atoms with van der Waals surface area (Å²) in [7, 11) is 0. The average Bonchev–Trinajstić information content (AvgIpc) is 2.22. The van der Waals surface area contributed by atoms with E-state index in [2.05, 4.69) is 38.1 Å². The lowest BCUT2D eigenvalue weighted by atomic mass is 9.95. The second kappa shape index (κ2) is 4.45. The zero-order valence-corrected chi connectivity index (χ0v) is 10.2. The molecule has 1 aliphatic heterocycles. The van der Waals surface area contributed by atoms with E-state index >= 15 is 0 Å². The minimum atomic E-state index is -0.0131. The van der Waals surface area contributed by atoms with Gasteiger partial charge in [-0.2, -0.15) is 0 Å². The highest BCUT2D eigenvalue weighted by Crippen LogP contribution is 2.22. The molecule has 1 aromatic heterocycles. The zero-order chi connectivity index (χ0) is 10.7. The van der Waals surface area contributed by atoms with Gasteiger partial charge in [0.25, 0.3) is 0 Å². The molecule has 82 valence electrons. The summed E-state index contributed by atoms with van der Waals surface area (Å²) in [6.45, 7) is 3.74. The predicted octanol–water partition coefficient (Wildman–Crippen LogP) is 2.22. The van der Waals surface area contributed by atoms with Crippen LogP contribution in [0.25, 0.3) is 0 Å². The Kier molecular flexibility index (Phi) is 3.21. The fourth-order valence-corrected chi connectivity index (χ4v) is 1.92. The van der Waals surface area contributed by atoms with Gasteiger partial charge >= 0.3 is 0 Å². The van der Waals surface area contributed by atoms with E-state index < -0.39 is 0 Å². The minimum Gasteiger partial charge on any atom is -0.379 e. The number of rotatable bonds is 2. The number of ether oxygens (including phenoxy) is 1. The number of halogens is 1. The van der Waals surface area contributed by atoms with Crippen molar-refractivity contribution in [3.05, 3.63) is 17.0 Å². The van der Waals surface area contributed by atoms with Crippen LogP contribution < -0.4 is 5.32 Å². The molecule has 0 bridgehead atoms. The third-order valence-corrected chi connectivity index (χ3v) is 2.90. The van der Waals surface area contributed by atoms with Crippen LogP contribution in [0.2, 0.25) is 0 Å². The van der Waals surface area contributed by atoms with Crippen molar-refractivity contribution in [1.82, 2.24) is 9.97 Å². The summed E-state index contributed by atoms with van der Waals surface area (Å²) in [6.07, 6.45) is 5.61. The maximum Gasteiger partial charge on any atom is 0.145 e. The first-order valence-electron chi connectivity index (χ1n) is 5.01. The lowest BCUT2D eigenvalue weighted by molar-refractivity contribution is 0.0539. The van der Waals surface area contributed by atoms with Crippen LogP contribution in [-0.4, -0.2) is 28.7 Å². The Bertz CT molecular complexity index is 322. The van der Waals surface area contributed by atoms with Crippen LogP contribution in [0.1, 0.15) is 19.8 Å². The van der Waals surface area contributed by atoms with Gasteiger partial charge in [-0.1, -0.05) is 0 Å². The van der Waals surface area contributed by atoms with Gasteiger partial charge in [-0.05, 0) is 35.7 Å². The summed E-state index contributed by atoms with van der Waals surface area (Å²) in [5.41, 5.74) is -0.0131. The highest BCUT2D eigenvalue weighted by molar-refractivity contribution is 9.10. The summed E-state index contributed by atoms with van der Waals surface area (Å²) in [4.78, 5) is 8.37. The summed E-state index contributed by atoms with van der Waals surface area (Å²) in [6, 6.07) is 0. The van der Waals surface area contributed by atoms with Gasteiger partial charge in [0, 0.05) is 6.61 Å².